The molecule has 3 aliphatic rings. The summed E-state index contributed by atoms with van der Waals surface area (Å²) in [5, 5.41) is 11.1. The molecule has 0 saturated heterocycles. The first-order chi connectivity index (χ1) is 11.1. The van der Waals surface area contributed by atoms with Crippen molar-refractivity contribution in [1.82, 2.24) is 4.72 Å². The van der Waals surface area contributed by atoms with Gasteiger partial charge in [-0.05, 0) is 79.7 Å². The number of nitrogens with one attached hydrogen (secondary N) is 2. The average molecular weight is 330 g/mol. The van der Waals surface area contributed by atoms with Gasteiger partial charge in [-0.15, -0.1) is 0 Å². The van der Waals surface area contributed by atoms with Gasteiger partial charge in [0.15, 0.2) is 5.66 Å². The van der Waals surface area contributed by atoms with Crippen molar-refractivity contribution >= 4 is 23.7 Å². The molecule has 0 unspecified atom stereocenters. The summed E-state index contributed by atoms with van der Waals surface area (Å²) < 4.78 is 2.90. The number of benzene rings is 1. The third-order valence-electron chi connectivity index (χ3n) is 5.00. The second-order valence-corrected chi connectivity index (χ2v) is 7.71. The van der Waals surface area contributed by atoms with Crippen molar-refractivity contribution < 1.29 is 4.79 Å². The highest BCUT2D eigenvalue weighted by atomic mass is 32.2. The van der Waals surface area contributed by atoms with E-state index in [0.29, 0.717) is 0 Å². The predicted molar refractivity (Wildman–Crippen MR) is 93.0 cm³/mol. The standard InChI is InChI=1S/C17H22N4OS/c1-17(20-21-17)8-9-23-19-16(22)18-15-13-6-2-4-11(13)10-12-5-3-7-14(12)15/h10H,2-9H2,1H3,(H2,18,19,22). The molecule has 122 valence electrons. The Balaban J connectivity index is 1.39. The van der Waals surface area contributed by atoms with E-state index in [-0.39, 0.29) is 11.7 Å². The van der Waals surface area contributed by atoms with Crippen LogP contribution in [0.15, 0.2) is 16.3 Å². The Labute approximate surface area is 140 Å². The third kappa shape index (κ3) is 3.09. The summed E-state index contributed by atoms with van der Waals surface area (Å²) in [6.07, 6.45) is 7.76. The number of carbonyl (C=O) groups excluding carboxylic acids is 1. The lowest BCUT2D eigenvalue weighted by molar-refractivity contribution is 0.257. The molecule has 2 N–H and O–H groups in total. The van der Waals surface area contributed by atoms with Gasteiger partial charge < -0.3 is 5.32 Å². The molecule has 1 aromatic rings. The van der Waals surface area contributed by atoms with Crippen molar-refractivity contribution in [2.24, 2.45) is 10.2 Å². The van der Waals surface area contributed by atoms with Gasteiger partial charge in [0, 0.05) is 17.9 Å². The number of hydrogen-bond acceptors (Lipinski definition) is 4. The van der Waals surface area contributed by atoms with Crippen molar-refractivity contribution in [2.75, 3.05) is 11.1 Å². The van der Waals surface area contributed by atoms with Gasteiger partial charge in [-0.3, -0.25) is 4.72 Å². The maximum Gasteiger partial charge on any atom is 0.329 e. The predicted octanol–water partition coefficient (Wildman–Crippen LogP) is 4.01. The fourth-order valence-electron chi connectivity index (χ4n) is 3.65. The monoisotopic (exact) mass is 330 g/mol. The van der Waals surface area contributed by atoms with E-state index in [1.165, 1.54) is 47.0 Å². The number of hydrogen-bond donors (Lipinski definition) is 2. The van der Waals surface area contributed by atoms with Gasteiger partial charge in [0.2, 0.25) is 0 Å². The van der Waals surface area contributed by atoms with Crippen LogP contribution in [0.4, 0.5) is 10.5 Å². The van der Waals surface area contributed by atoms with E-state index in [2.05, 4.69) is 26.3 Å². The van der Waals surface area contributed by atoms with Crippen LogP contribution in [0.25, 0.3) is 0 Å². The molecule has 1 aromatic carbocycles. The molecule has 0 aromatic heterocycles. The fourth-order valence-corrected chi connectivity index (χ4v) is 4.43. The minimum atomic E-state index is -0.188. The Morgan fingerprint density at radius 1 is 1.17 bits per heavy atom. The third-order valence-corrected chi connectivity index (χ3v) is 5.73. The first kappa shape index (κ1) is 15.0. The topological polar surface area (TPSA) is 65.8 Å². The van der Waals surface area contributed by atoms with E-state index >= 15 is 0 Å². The van der Waals surface area contributed by atoms with E-state index in [4.69, 9.17) is 0 Å². The lowest BCUT2D eigenvalue weighted by Gasteiger charge is -2.16. The highest BCUT2D eigenvalue weighted by Gasteiger charge is 2.33. The largest absolute Gasteiger partial charge is 0.329 e. The maximum atomic E-state index is 12.3. The number of fused-ring (bicyclic) bond motifs is 2. The second-order valence-electron chi connectivity index (χ2n) is 6.81. The summed E-state index contributed by atoms with van der Waals surface area (Å²) in [5.41, 5.74) is 6.54. The average Bonchev–Trinajstić information content (AvgIpc) is 2.95. The summed E-state index contributed by atoms with van der Waals surface area (Å²) in [6, 6.07) is 2.27. The number of rotatable bonds is 5. The molecular weight excluding hydrogens is 308 g/mol. The molecule has 2 aliphatic carbocycles. The van der Waals surface area contributed by atoms with Crippen LogP contribution in [0.1, 0.15) is 48.4 Å². The fraction of sp³-hybridized carbons (Fsp3) is 0.588. The van der Waals surface area contributed by atoms with E-state index in [1.54, 1.807) is 0 Å². The highest BCUT2D eigenvalue weighted by Crippen LogP contribution is 2.38. The van der Waals surface area contributed by atoms with Crippen molar-refractivity contribution in [3.63, 3.8) is 0 Å². The van der Waals surface area contributed by atoms with Crippen LogP contribution in [-0.2, 0) is 25.7 Å². The zero-order valence-electron chi connectivity index (χ0n) is 13.4. The van der Waals surface area contributed by atoms with Crippen molar-refractivity contribution in [3.8, 4) is 0 Å². The Morgan fingerprint density at radius 2 is 1.83 bits per heavy atom. The van der Waals surface area contributed by atoms with Crippen molar-refractivity contribution in [1.29, 1.82) is 0 Å². The van der Waals surface area contributed by atoms with Crippen LogP contribution in [0.2, 0.25) is 0 Å². The van der Waals surface area contributed by atoms with Crippen LogP contribution < -0.4 is 10.0 Å². The zero-order chi connectivity index (χ0) is 15.9. The van der Waals surface area contributed by atoms with Crippen LogP contribution in [0.3, 0.4) is 0 Å². The number of amides is 2. The van der Waals surface area contributed by atoms with E-state index < -0.39 is 0 Å². The maximum absolute atomic E-state index is 12.3. The van der Waals surface area contributed by atoms with Crippen LogP contribution in [0, 0.1) is 0 Å². The molecule has 0 radical (unpaired) electrons. The van der Waals surface area contributed by atoms with E-state index in [0.717, 1.165) is 43.5 Å². The lowest BCUT2D eigenvalue weighted by Crippen LogP contribution is -2.25. The zero-order valence-corrected chi connectivity index (χ0v) is 14.3. The van der Waals surface area contributed by atoms with Gasteiger partial charge in [0.25, 0.3) is 0 Å². The number of urea groups is 1. The number of nitrogens with zero attached hydrogens (tertiary/aromatic N) is 2. The number of anilines is 1. The van der Waals surface area contributed by atoms with Gasteiger partial charge in [-0.2, -0.15) is 10.2 Å². The summed E-state index contributed by atoms with van der Waals surface area (Å²) in [5.74, 6) is 0.821. The molecule has 5 nitrogen and oxygen atoms in total. The molecule has 0 spiro atoms. The molecule has 4 rings (SSSR count). The number of aryl methyl sites for hydroxylation is 2. The first-order valence-electron chi connectivity index (χ1n) is 8.44. The van der Waals surface area contributed by atoms with Crippen LogP contribution >= 0.6 is 11.9 Å². The Hall–Kier alpha value is -1.56. The normalized spacial score (nSPS) is 19.3. The summed E-state index contributed by atoms with van der Waals surface area (Å²) in [4.78, 5) is 12.3. The Morgan fingerprint density at radius 3 is 2.43 bits per heavy atom. The van der Waals surface area contributed by atoms with Gasteiger partial charge in [0.05, 0.1) is 0 Å². The van der Waals surface area contributed by atoms with Crippen LogP contribution in [0.5, 0.6) is 0 Å². The van der Waals surface area contributed by atoms with Crippen molar-refractivity contribution in [2.45, 2.75) is 57.5 Å². The SMILES string of the molecule is CC1(CCSNC(=O)Nc2c3c(cc4c2CCC4)CCC3)N=N1. The van der Waals surface area contributed by atoms with Gasteiger partial charge in [-0.1, -0.05) is 6.07 Å². The van der Waals surface area contributed by atoms with Gasteiger partial charge in [-0.25, -0.2) is 4.79 Å². The van der Waals surface area contributed by atoms with Crippen LogP contribution in [-0.4, -0.2) is 17.4 Å². The highest BCUT2D eigenvalue weighted by molar-refractivity contribution is 7.97. The quantitative estimate of drug-likeness (QED) is 0.633. The summed E-state index contributed by atoms with van der Waals surface area (Å²) in [6.45, 7) is 2.00. The first-order valence-corrected chi connectivity index (χ1v) is 9.42. The minimum Gasteiger partial charge on any atom is -0.307 e. The molecule has 1 heterocycles. The smallest absolute Gasteiger partial charge is 0.307 e. The lowest BCUT2D eigenvalue weighted by atomic mass is 9.99. The second kappa shape index (κ2) is 5.82. The summed E-state index contributed by atoms with van der Waals surface area (Å²) >= 11 is 1.43. The minimum absolute atomic E-state index is 0.112. The molecule has 23 heavy (non-hydrogen) atoms. The molecule has 0 saturated carbocycles. The Bertz CT molecular complexity index is 647. The van der Waals surface area contributed by atoms with Crippen molar-refractivity contribution in [3.05, 3.63) is 28.3 Å². The molecule has 2 amide bonds. The molecular formula is C17H22N4OS. The number of carbonyl (C=O) groups is 1. The molecule has 0 atom stereocenters. The Kier molecular flexibility index (Phi) is 3.79. The van der Waals surface area contributed by atoms with Gasteiger partial charge in [0.1, 0.15) is 0 Å². The molecule has 0 fully saturated rings. The van der Waals surface area contributed by atoms with E-state index in [9.17, 15) is 4.79 Å². The molecule has 0 bridgehead atoms. The molecule has 6 heteroatoms. The molecule has 1 aliphatic heterocycles. The van der Waals surface area contributed by atoms with Gasteiger partial charge >= 0.3 is 6.03 Å². The van der Waals surface area contributed by atoms with E-state index in [1.807, 2.05) is 6.92 Å². The summed E-state index contributed by atoms with van der Waals surface area (Å²) in [7, 11) is 0.